The molecule has 1 saturated heterocycles. The second-order valence-corrected chi connectivity index (χ2v) is 37.9. The molecular weight excluding hydrogens is 1490 g/mol. The quantitative estimate of drug-likeness (QED) is 0.0475. The maximum absolute atomic E-state index is 12.2. The van der Waals surface area contributed by atoms with Crippen molar-refractivity contribution in [2.24, 2.45) is 107 Å². The number of rotatable bonds is 0. The molecule has 18 atom stereocenters. The number of fused-ring (bicyclic) bond motifs is 19. The average molecular weight is 1620 g/mol. The molecule has 118 heavy (non-hydrogen) atoms. The van der Waals surface area contributed by atoms with Gasteiger partial charge in [0.15, 0.2) is 17.4 Å². The van der Waals surface area contributed by atoms with E-state index in [9.17, 15) is 24.6 Å². The molecule has 7 aromatic rings. The summed E-state index contributed by atoms with van der Waals surface area (Å²) in [5, 5.41) is 58.9. The van der Waals surface area contributed by atoms with Crippen molar-refractivity contribution < 1.29 is 45.2 Å². The van der Waals surface area contributed by atoms with Gasteiger partial charge in [-0.1, -0.05) is 109 Å². The molecule has 12 aliphatic carbocycles. The van der Waals surface area contributed by atoms with Crippen LogP contribution < -0.4 is 5.48 Å². The molecule has 1 spiro atoms. The molecule has 8 heterocycles. The predicted molar refractivity (Wildman–Crippen MR) is 452 cm³/mol. The zero-order valence-corrected chi connectivity index (χ0v) is 73.0. The zero-order valence-electron chi connectivity index (χ0n) is 74.0. The van der Waals surface area contributed by atoms with Crippen LogP contribution >= 0.6 is 0 Å². The number of hydrogen-bond donors (Lipinski definition) is 4. The van der Waals surface area contributed by atoms with Crippen LogP contribution in [0, 0.1) is 78.2 Å². The number of aliphatic hydroxyl groups excluding tert-OH is 2. The molecule has 1 aliphatic heterocycles. The lowest BCUT2D eigenvalue weighted by atomic mass is 9.55. The summed E-state index contributed by atoms with van der Waals surface area (Å²) in [6.07, 6.45) is 36.6. The average Bonchev–Trinajstić information content (AvgIpc) is 1.65. The first-order chi connectivity index (χ1) is 56.0. The third kappa shape index (κ3) is 14.8. The highest BCUT2D eigenvalue weighted by molar-refractivity contribution is 6.00. The summed E-state index contributed by atoms with van der Waals surface area (Å²) < 4.78 is 34.7. The summed E-state index contributed by atoms with van der Waals surface area (Å²) in [5.74, 6) is 5.33. The van der Waals surface area contributed by atoms with Crippen LogP contribution in [0.15, 0.2) is 83.0 Å². The summed E-state index contributed by atoms with van der Waals surface area (Å²) in [5.41, 5.74) is 19.6. The standard InChI is InChI=1S/C16H24N2O2.2C15H19N3O.C15H17N3O.C15H20N2O2.C14H20N2O.CH5NO.2CH4/c1-11-13-5-4-12-10-18(3)17-14(12)15(13,2)6-7-16(11)19-8-9-20-16;1-9-12-5-4-10-8-18(3)17-14(10)15(12,2)6-11-7-16-19-13(9)11;2*1-9-11-6-5-10-8-18(4)17-14(10)15(11,2)7-12(16-3)13(9)19;1-9-12-5-4-10-7-17(3)16-14(10)15(12,2)6-11(8-18)13(9)19;1-9-11-5-4-10-8-16(3)15-13(10)14(11,2)7-6-12(9)17;1-2-3;;/h10-11,13H,4-9H2,1-3H3;7-9,12H,4-6H2,1-3H3;8-9,11,19H,5-7H2,1-2,4H3;7-9,11H,5-6H2,1-2,4H3;7-9,12,18H,4-6H2,1-3H3;8-9,11H,4-7H2,1-3H3;2-3H,1H3;2*1H4/b;;;;11-8-;;;;/t11-,13-,15-;9-,12-,15-;2*9-,11-,15-;9-,12-,15-;9-,11-,14-;;;/m000000.../s1/i;;;;;;;1T;. The van der Waals surface area contributed by atoms with Crippen molar-refractivity contribution in [1.82, 2.24) is 69.3 Å². The Kier molecular flexibility index (Phi) is 24.5. The Morgan fingerprint density at radius 3 is 1.33 bits per heavy atom. The van der Waals surface area contributed by atoms with Gasteiger partial charge in [0, 0.05) is 180 Å². The fraction of sp³-hybridized carbons (Fsp3) is 0.656. The molecule has 0 unspecified atom stereocenters. The van der Waals surface area contributed by atoms with Gasteiger partial charge in [-0.15, -0.1) is 0 Å². The number of hydroxylamine groups is 1. The largest absolute Gasteiger partial charge is 0.523 e. The molecular formula is C93H132N16O9. The van der Waals surface area contributed by atoms with Crippen molar-refractivity contribution in [3.8, 4) is 0 Å². The van der Waals surface area contributed by atoms with E-state index < -0.39 is 0 Å². The highest BCUT2D eigenvalue weighted by Crippen LogP contribution is 2.60. The van der Waals surface area contributed by atoms with Gasteiger partial charge in [0.2, 0.25) is 11.4 Å². The van der Waals surface area contributed by atoms with Gasteiger partial charge >= 0.3 is 0 Å². The molecule has 13 aliphatic rings. The summed E-state index contributed by atoms with van der Waals surface area (Å²) >= 11 is 0. The van der Waals surface area contributed by atoms with E-state index in [1.807, 2.05) is 103 Å². The van der Waals surface area contributed by atoms with Gasteiger partial charge in [-0.05, 0) is 178 Å². The Labute approximate surface area is 700 Å². The maximum Gasteiger partial charge on any atom is 0.226 e. The third-order valence-electron chi connectivity index (χ3n) is 31.0. The number of hydrogen-bond acceptors (Lipinski definition) is 17. The van der Waals surface area contributed by atoms with Gasteiger partial charge in [0.1, 0.15) is 11.5 Å². The molecule has 0 amide bonds. The number of nitrogens with one attached hydrogen (secondary N) is 1. The lowest BCUT2D eigenvalue weighted by Gasteiger charge is -2.53. The lowest BCUT2D eigenvalue weighted by molar-refractivity contribution is -0.234. The van der Waals surface area contributed by atoms with Gasteiger partial charge < -0.3 is 34.2 Å². The number of aryl methyl sites for hydroxylation is 12. The SMILES string of the molecule is C.CNO.C[C@@H]1C(=O)/C(=C\O)C[C@]2(C)c3nn(C)cc3CC[C@@H]12.C[C@@H]1C(=O)CC[C@]2(C)c3nn(C)cc3CC[C@@H]12.C[C@@H]1c2oncc2C[C@]2(C)c3nn(C)cc3CC[C@@H]12.C[C@H]1[C@@H]2CCc3cn(C)nc3[C@@]2(C)CCC12OCCO2.[3H]C.[C-]#[N+]C1=C(O)[C@@H](C)[C@@H]2CCc3cn(C)nc3[C@@]2(C)C1.[C-]#[N+]C1=C[C@]2(C)c3nn(C)cc3CC[C@H]2[C@H](C)C1=O. The third-order valence-corrected chi connectivity index (χ3v) is 31.0. The first kappa shape index (κ1) is 87.0. The molecule has 0 aromatic carbocycles. The summed E-state index contributed by atoms with van der Waals surface area (Å²) in [6, 6.07) is 0. The summed E-state index contributed by atoms with van der Waals surface area (Å²) in [6.45, 7) is 42.3. The van der Waals surface area contributed by atoms with Crippen molar-refractivity contribution in [2.75, 3.05) is 20.3 Å². The van der Waals surface area contributed by atoms with Gasteiger partial charge in [-0.3, -0.25) is 37.7 Å². The maximum atomic E-state index is 12.2. The fourth-order valence-corrected chi connectivity index (χ4v) is 25.2. The van der Waals surface area contributed by atoms with E-state index >= 15 is 0 Å². The molecule has 0 bridgehead atoms. The minimum atomic E-state index is -0.309. The number of ketones is 3. The van der Waals surface area contributed by atoms with Crippen molar-refractivity contribution >= 4 is 17.3 Å². The second-order valence-electron chi connectivity index (χ2n) is 37.9. The van der Waals surface area contributed by atoms with Gasteiger partial charge in [0.25, 0.3) is 0 Å². The molecule has 25 nitrogen and oxygen atoms in total. The number of aliphatic hydroxyl groups is 2. The van der Waals surface area contributed by atoms with E-state index in [2.05, 4.69) is 135 Å². The number of carbonyl (C=O) groups excluding carboxylic acids is 3. The first-order valence-electron chi connectivity index (χ1n) is 43.5. The zero-order chi connectivity index (χ0) is 85.4. The van der Waals surface area contributed by atoms with E-state index in [1.54, 1.807) is 5.48 Å². The van der Waals surface area contributed by atoms with Crippen molar-refractivity contribution in [3.05, 3.63) is 180 Å². The lowest BCUT2D eigenvalue weighted by Crippen LogP contribution is -2.55. The summed E-state index contributed by atoms with van der Waals surface area (Å²) in [4.78, 5) is 43.2. The minimum Gasteiger partial charge on any atom is -0.523 e. The fourth-order valence-electron chi connectivity index (χ4n) is 25.2. The van der Waals surface area contributed by atoms with E-state index in [0.29, 0.717) is 77.1 Å². The van der Waals surface area contributed by atoms with Crippen LogP contribution in [0.4, 0.5) is 0 Å². The molecule has 3 saturated carbocycles. The van der Waals surface area contributed by atoms with Crippen molar-refractivity contribution in [2.45, 2.75) is 264 Å². The number of ether oxygens (including phenoxy) is 2. The highest BCUT2D eigenvalue weighted by atomic mass is 16.7. The van der Waals surface area contributed by atoms with Crippen LogP contribution in [-0.2, 0) is 144 Å². The molecule has 0 radical (unpaired) electrons. The van der Waals surface area contributed by atoms with Crippen LogP contribution in [0.25, 0.3) is 9.69 Å². The normalized spacial score (nSPS) is 33.9. The molecule has 25 heteroatoms. The number of carbonyl (C=O) groups is 3. The van der Waals surface area contributed by atoms with E-state index in [0.717, 1.165) is 139 Å². The molecule has 7 aromatic heterocycles. The van der Waals surface area contributed by atoms with Crippen molar-refractivity contribution in [1.29, 1.82) is 0 Å². The Morgan fingerprint density at radius 1 is 0.492 bits per heavy atom. The number of aromatic nitrogens is 13. The Morgan fingerprint density at radius 2 is 0.873 bits per heavy atom. The van der Waals surface area contributed by atoms with Crippen LogP contribution in [0.2, 0.25) is 0 Å². The predicted octanol–water partition coefficient (Wildman–Crippen LogP) is 15.6. The smallest absolute Gasteiger partial charge is 0.226 e. The summed E-state index contributed by atoms with van der Waals surface area (Å²) in [7, 11) is 14.5. The van der Waals surface area contributed by atoms with Crippen LogP contribution in [0.3, 0.4) is 0 Å². The highest BCUT2D eigenvalue weighted by Gasteiger charge is 2.60. The van der Waals surface area contributed by atoms with Crippen LogP contribution in [0.1, 0.15) is 261 Å². The Hall–Kier alpha value is -8.88. The molecule has 4 N–H and O–H groups in total. The second kappa shape index (κ2) is 33.3. The van der Waals surface area contributed by atoms with E-state index in [4.69, 9.17) is 43.9 Å². The number of nitrogens with zero attached hydrogens (tertiary/aromatic N) is 15. The van der Waals surface area contributed by atoms with Gasteiger partial charge in [-0.25, -0.2) is 15.2 Å². The van der Waals surface area contributed by atoms with Crippen LogP contribution in [0.5, 0.6) is 0 Å². The van der Waals surface area contributed by atoms with E-state index in [1.165, 1.54) is 83.3 Å². The van der Waals surface area contributed by atoms with E-state index in [-0.39, 0.29) is 92.6 Å². The number of allylic oxidation sites excluding steroid dienone is 5. The van der Waals surface area contributed by atoms with Gasteiger partial charge in [-0.2, -0.15) is 30.6 Å². The van der Waals surface area contributed by atoms with Gasteiger partial charge in [0.05, 0.1) is 78.7 Å². The Bertz CT molecular complexity index is 5100. The van der Waals surface area contributed by atoms with Crippen molar-refractivity contribution in [3.63, 3.8) is 0 Å². The number of Topliss-reactive ketones (excluding diaryl/α,β-unsaturated/α-hetero) is 3. The van der Waals surface area contributed by atoms with Crippen LogP contribution in [-0.4, -0.2) is 123 Å². The minimum absolute atomic E-state index is 0. The molecule has 638 valence electrons. The molecule has 20 rings (SSSR count). The first-order valence-corrected chi connectivity index (χ1v) is 42.5. The Balaban J connectivity index is 0.000000129. The topological polar surface area (TPSA) is 284 Å². The monoisotopic (exact) mass is 1620 g/mol. The molecule has 4 fully saturated rings.